The van der Waals surface area contributed by atoms with E-state index in [1.54, 1.807) is 18.7 Å². The summed E-state index contributed by atoms with van der Waals surface area (Å²) in [5, 5.41) is 3.13. The molecule has 0 aliphatic carbocycles. The SMILES string of the molecule is Cn1cncc1CCC(=O)NC1CCCN(c2ncccn2)C1. The van der Waals surface area contributed by atoms with Crippen LogP contribution in [0, 0.1) is 0 Å². The molecule has 1 unspecified atom stereocenters. The maximum Gasteiger partial charge on any atom is 0.225 e. The third kappa shape index (κ3) is 4.06. The summed E-state index contributed by atoms with van der Waals surface area (Å²) >= 11 is 0. The Morgan fingerprint density at radius 2 is 2.22 bits per heavy atom. The molecule has 7 heteroatoms. The summed E-state index contributed by atoms with van der Waals surface area (Å²) in [4.78, 5) is 27.0. The Bertz CT molecular complexity index is 641. The zero-order chi connectivity index (χ0) is 16.1. The number of rotatable bonds is 5. The van der Waals surface area contributed by atoms with Gasteiger partial charge in [-0.2, -0.15) is 0 Å². The first-order chi connectivity index (χ1) is 11.2. The van der Waals surface area contributed by atoms with Gasteiger partial charge in [-0.25, -0.2) is 15.0 Å². The number of amides is 1. The van der Waals surface area contributed by atoms with E-state index in [2.05, 4.69) is 25.2 Å². The first kappa shape index (κ1) is 15.5. The molecule has 0 bridgehead atoms. The molecule has 0 aromatic carbocycles. The van der Waals surface area contributed by atoms with Crippen LogP contribution in [0.2, 0.25) is 0 Å². The van der Waals surface area contributed by atoms with Gasteiger partial charge in [0.05, 0.1) is 6.33 Å². The first-order valence-corrected chi connectivity index (χ1v) is 7.99. The van der Waals surface area contributed by atoms with E-state index >= 15 is 0 Å². The molecular weight excluding hydrogens is 292 g/mol. The lowest BCUT2D eigenvalue weighted by Gasteiger charge is -2.33. The minimum atomic E-state index is 0.0898. The van der Waals surface area contributed by atoms with Crippen LogP contribution in [0.3, 0.4) is 0 Å². The Labute approximate surface area is 135 Å². The van der Waals surface area contributed by atoms with Crippen molar-refractivity contribution in [2.45, 2.75) is 31.7 Å². The van der Waals surface area contributed by atoms with Crippen molar-refractivity contribution in [3.8, 4) is 0 Å². The molecule has 0 saturated carbocycles. The molecule has 3 rings (SSSR count). The van der Waals surface area contributed by atoms with Gasteiger partial charge in [-0.3, -0.25) is 4.79 Å². The van der Waals surface area contributed by atoms with Crippen molar-refractivity contribution in [2.24, 2.45) is 7.05 Å². The second-order valence-corrected chi connectivity index (χ2v) is 5.90. The van der Waals surface area contributed by atoms with E-state index in [0.29, 0.717) is 12.8 Å². The van der Waals surface area contributed by atoms with Gasteiger partial charge >= 0.3 is 0 Å². The minimum Gasteiger partial charge on any atom is -0.352 e. The highest BCUT2D eigenvalue weighted by molar-refractivity contribution is 5.76. The van der Waals surface area contributed by atoms with Crippen LogP contribution in [-0.2, 0) is 18.3 Å². The quantitative estimate of drug-likeness (QED) is 0.888. The standard InChI is InChI=1S/C16H22N6O/c1-21-12-17-10-14(21)5-6-15(23)20-13-4-2-9-22(11-13)16-18-7-3-8-19-16/h3,7-8,10,12-13H,2,4-6,9,11H2,1H3,(H,20,23). The predicted octanol–water partition coefficient (Wildman–Crippen LogP) is 0.928. The summed E-state index contributed by atoms with van der Waals surface area (Å²) in [6.07, 6.45) is 10.3. The molecule has 0 radical (unpaired) electrons. The molecule has 1 N–H and O–H groups in total. The monoisotopic (exact) mass is 314 g/mol. The van der Waals surface area contributed by atoms with Gasteiger partial charge in [0.2, 0.25) is 11.9 Å². The minimum absolute atomic E-state index is 0.0898. The smallest absolute Gasteiger partial charge is 0.225 e. The first-order valence-electron chi connectivity index (χ1n) is 7.99. The molecule has 1 aliphatic rings. The van der Waals surface area contributed by atoms with Crippen LogP contribution in [0.25, 0.3) is 0 Å². The Kier molecular flexibility index (Phi) is 4.85. The third-order valence-electron chi connectivity index (χ3n) is 4.15. The molecule has 0 spiro atoms. The fourth-order valence-electron chi connectivity index (χ4n) is 2.90. The Balaban J connectivity index is 1.49. The number of aromatic nitrogens is 4. The van der Waals surface area contributed by atoms with Crippen molar-refractivity contribution >= 4 is 11.9 Å². The lowest BCUT2D eigenvalue weighted by atomic mass is 10.1. The van der Waals surface area contributed by atoms with Gasteiger partial charge in [0.15, 0.2) is 0 Å². The molecule has 1 aliphatic heterocycles. The topological polar surface area (TPSA) is 75.9 Å². The van der Waals surface area contributed by atoms with Gasteiger partial charge in [-0.15, -0.1) is 0 Å². The highest BCUT2D eigenvalue weighted by Gasteiger charge is 2.22. The number of hydrogen-bond donors (Lipinski definition) is 1. The van der Waals surface area contributed by atoms with E-state index < -0.39 is 0 Å². The maximum absolute atomic E-state index is 12.2. The molecule has 23 heavy (non-hydrogen) atoms. The van der Waals surface area contributed by atoms with E-state index in [1.807, 2.05) is 23.9 Å². The largest absolute Gasteiger partial charge is 0.352 e. The summed E-state index contributed by atoms with van der Waals surface area (Å²) in [6.45, 7) is 1.70. The number of nitrogens with one attached hydrogen (secondary N) is 1. The molecule has 1 amide bonds. The lowest BCUT2D eigenvalue weighted by molar-refractivity contribution is -0.121. The second-order valence-electron chi connectivity index (χ2n) is 5.90. The maximum atomic E-state index is 12.2. The summed E-state index contributed by atoms with van der Waals surface area (Å²) in [6, 6.07) is 1.97. The number of piperidine rings is 1. The summed E-state index contributed by atoms with van der Waals surface area (Å²) in [5.74, 6) is 0.827. The summed E-state index contributed by atoms with van der Waals surface area (Å²) < 4.78 is 1.95. The molecule has 122 valence electrons. The average Bonchev–Trinajstić information content (AvgIpc) is 2.99. The molecular formula is C16H22N6O. The van der Waals surface area contributed by atoms with Crippen LogP contribution in [0.4, 0.5) is 5.95 Å². The van der Waals surface area contributed by atoms with Crippen molar-refractivity contribution in [1.29, 1.82) is 0 Å². The van der Waals surface area contributed by atoms with Crippen LogP contribution in [0.15, 0.2) is 31.0 Å². The van der Waals surface area contributed by atoms with E-state index in [9.17, 15) is 4.79 Å². The van der Waals surface area contributed by atoms with Crippen LogP contribution in [-0.4, -0.2) is 44.6 Å². The molecule has 1 atom stereocenters. The van der Waals surface area contributed by atoms with Crippen LogP contribution in [0.5, 0.6) is 0 Å². The Morgan fingerprint density at radius 1 is 1.39 bits per heavy atom. The van der Waals surface area contributed by atoms with E-state index in [4.69, 9.17) is 0 Å². The van der Waals surface area contributed by atoms with Gasteiger partial charge < -0.3 is 14.8 Å². The number of carbonyl (C=O) groups excluding carboxylic acids is 1. The van der Waals surface area contributed by atoms with Crippen molar-refractivity contribution in [3.63, 3.8) is 0 Å². The number of aryl methyl sites for hydroxylation is 2. The van der Waals surface area contributed by atoms with E-state index in [0.717, 1.165) is 37.6 Å². The molecule has 1 saturated heterocycles. The second kappa shape index (κ2) is 7.21. The Morgan fingerprint density at radius 3 is 2.96 bits per heavy atom. The summed E-state index contributed by atoms with van der Waals surface area (Å²) in [5.41, 5.74) is 1.07. The van der Waals surface area contributed by atoms with Crippen LogP contribution >= 0.6 is 0 Å². The van der Waals surface area contributed by atoms with Gasteiger partial charge in [0.25, 0.3) is 0 Å². The van der Waals surface area contributed by atoms with Crippen LogP contribution in [0.1, 0.15) is 25.0 Å². The van der Waals surface area contributed by atoms with Crippen LogP contribution < -0.4 is 10.2 Å². The highest BCUT2D eigenvalue weighted by atomic mass is 16.1. The number of anilines is 1. The van der Waals surface area contributed by atoms with E-state index in [-0.39, 0.29) is 11.9 Å². The number of carbonyl (C=O) groups is 1. The summed E-state index contributed by atoms with van der Waals surface area (Å²) in [7, 11) is 1.94. The normalized spacial score (nSPS) is 18.0. The van der Waals surface area contributed by atoms with Crippen molar-refractivity contribution in [1.82, 2.24) is 24.8 Å². The zero-order valence-corrected chi connectivity index (χ0v) is 13.4. The molecule has 7 nitrogen and oxygen atoms in total. The fourth-order valence-corrected chi connectivity index (χ4v) is 2.90. The molecule has 2 aromatic heterocycles. The van der Waals surface area contributed by atoms with Gasteiger partial charge in [0.1, 0.15) is 0 Å². The number of imidazole rings is 1. The predicted molar refractivity (Wildman–Crippen MR) is 86.9 cm³/mol. The van der Waals surface area contributed by atoms with Crippen molar-refractivity contribution < 1.29 is 4.79 Å². The number of hydrogen-bond acceptors (Lipinski definition) is 5. The average molecular weight is 314 g/mol. The van der Waals surface area contributed by atoms with Gasteiger partial charge in [-0.1, -0.05) is 0 Å². The Hall–Kier alpha value is -2.44. The van der Waals surface area contributed by atoms with Crippen molar-refractivity contribution in [2.75, 3.05) is 18.0 Å². The molecule has 1 fully saturated rings. The zero-order valence-electron chi connectivity index (χ0n) is 13.4. The fraction of sp³-hybridized carbons (Fsp3) is 0.500. The lowest BCUT2D eigenvalue weighted by Crippen LogP contribution is -2.48. The van der Waals surface area contributed by atoms with Gasteiger partial charge in [-0.05, 0) is 25.3 Å². The van der Waals surface area contributed by atoms with E-state index in [1.165, 1.54) is 0 Å². The highest BCUT2D eigenvalue weighted by Crippen LogP contribution is 2.15. The van der Waals surface area contributed by atoms with Crippen molar-refractivity contribution in [3.05, 3.63) is 36.7 Å². The molecule has 3 heterocycles. The van der Waals surface area contributed by atoms with Gasteiger partial charge in [0, 0.05) is 56.9 Å². The number of nitrogens with zero attached hydrogens (tertiary/aromatic N) is 5. The molecule has 2 aromatic rings. The third-order valence-corrected chi connectivity index (χ3v) is 4.15.